The molecule has 0 saturated heterocycles. The summed E-state index contributed by atoms with van der Waals surface area (Å²) >= 11 is 0. The normalized spacial score (nSPS) is 10.7. The van der Waals surface area contributed by atoms with E-state index in [0.717, 1.165) is 4.68 Å². The van der Waals surface area contributed by atoms with Gasteiger partial charge in [-0.25, -0.2) is 4.68 Å². The highest BCUT2D eigenvalue weighted by Gasteiger charge is 2.14. The molecule has 1 N–H and O–H groups in total. The Hall–Kier alpha value is -3.49. The molecule has 0 aliphatic carbocycles. The maximum Gasteiger partial charge on any atom is 0.275 e. The molecule has 122 valence electrons. The summed E-state index contributed by atoms with van der Waals surface area (Å²) in [6, 6.07) is 7.59. The van der Waals surface area contributed by atoms with Crippen molar-refractivity contribution in [3.63, 3.8) is 0 Å². The van der Waals surface area contributed by atoms with E-state index >= 15 is 0 Å². The first-order valence-corrected chi connectivity index (χ1v) is 6.90. The van der Waals surface area contributed by atoms with Crippen molar-refractivity contribution in [1.29, 1.82) is 0 Å². The zero-order valence-electron chi connectivity index (χ0n) is 12.5. The number of nitrogens with zero attached hydrogens (tertiary/aromatic N) is 3. The Bertz CT molecular complexity index is 1000. The molecule has 0 unspecified atom stereocenters. The minimum atomic E-state index is -1.53. The third-order valence-electron chi connectivity index (χ3n) is 3.25. The Labute approximate surface area is 134 Å². The fourth-order valence-electron chi connectivity index (χ4n) is 2.24. The fraction of sp³-hybridized carbons (Fsp3) is 0.133. The number of benzene rings is 1. The molecular formula is C15H11N4O5-. The van der Waals surface area contributed by atoms with Crippen LogP contribution in [0.5, 0.6) is 0 Å². The van der Waals surface area contributed by atoms with Gasteiger partial charge in [-0.2, -0.15) is 5.10 Å². The number of nitrogens with one attached hydrogen (secondary N) is 1. The van der Waals surface area contributed by atoms with Crippen molar-refractivity contribution in [3.8, 4) is 0 Å². The van der Waals surface area contributed by atoms with Crippen LogP contribution in [0.1, 0.15) is 16.2 Å². The molecule has 0 atom stereocenters. The molecule has 0 aliphatic rings. The van der Waals surface area contributed by atoms with Crippen molar-refractivity contribution in [2.24, 2.45) is 0 Å². The number of aromatic nitrogens is 3. The van der Waals surface area contributed by atoms with Gasteiger partial charge in [0.25, 0.3) is 5.56 Å². The van der Waals surface area contributed by atoms with E-state index in [1.54, 1.807) is 19.1 Å². The monoisotopic (exact) mass is 327 g/mol. The molecular weight excluding hydrogens is 316 g/mol. The first kappa shape index (κ1) is 15.4. The number of aryl methyl sites for hydroxylation is 1. The lowest BCUT2D eigenvalue weighted by molar-refractivity contribution is -0.255. The third-order valence-corrected chi connectivity index (χ3v) is 3.25. The molecule has 0 spiro atoms. The lowest BCUT2D eigenvalue weighted by atomic mass is 10.1. The van der Waals surface area contributed by atoms with E-state index in [4.69, 9.17) is 4.52 Å². The van der Waals surface area contributed by atoms with E-state index in [1.807, 2.05) is 0 Å². The lowest BCUT2D eigenvalue weighted by Gasteiger charge is -2.11. The second-order valence-electron chi connectivity index (χ2n) is 5.02. The highest BCUT2D eigenvalue weighted by Crippen LogP contribution is 2.12. The van der Waals surface area contributed by atoms with Gasteiger partial charge in [-0.1, -0.05) is 23.4 Å². The average Bonchev–Trinajstić information content (AvgIpc) is 2.94. The zero-order chi connectivity index (χ0) is 17.3. The van der Waals surface area contributed by atoms with E-state index in [2.05, 4.69) is 15.6 Å². The van der Waals surface area contributed by atoms with Crippen LogP contribution in [0.15, 0.2) is 39.6 Å². The van der Waals surface area contributed by atoms with E-state index in [1.165, 1.54) is 18.2 Å². The summed E-state index contributed by atoms with van der Waals surface area (Å²) in [6.07, 6.45) is 0. The van der Waals surface area contributed by atoms with E-state index < -0.39 is 29.7 Å². The molecule has 1 aromatic carbocycles. The largest absolute Gasteiger partial charge is 0.543 e. The van der Waals surface area contributed by atoms with Gasteiger partial charge in [0.15, 0.2) is 5.82 Å². The Kier molecular flexibility index (Phi) is 3.82. The topological polar surface area (TPSA) is 130 Å². The van der Waals surface area contributed by atoms with Crippen molar-refractivity contribution in [2.75, 3.05) is 5.32 Å². The van der Waals surface area contributed by atoms with Gasteiger partial charge in [-0.05, 0) is 13.0 Å². The standard InChI is InChI=1S/C15H12N4O5/c1-8-6-11(18-24-8)16-12(20)7-19-14(21)10-5-3-2-4-9(10)13(17-19)15(22)23/h2-6H,7H2,1H3,(H,22,23)(H,16,18,20)/p-1. The number of carboxylic acids is 1. The van der Waals surface area contributed by atoms with Crippen LogP contribution < -0.4 is 16.0 Å². The number of hydrogen-bond donors (Lipinski definition) is 1. The van der Waals surface area contributed by atoms with Gasteiger partial charge in [0.1, 0.15) is 18.0 Å². The Morgan fingerprint density at radius 2 is 2.00 bits per heavy atom. The number of carboxylic acid groups (broad SMARTS) is 1. The number of amides is 1. The first-order chi connectivity index (χ1) is 11.5. The number of aromatic carboxylic acids is 1. The van der Waals surface area contributed by atoms with Crippen LogP contribution in [0.2, 0.25) is 0 Å². The second kappa shape index (κ2) is 5.95. The van der Waals surface area contributed by atoms with E-state index in [-0.39, 0.29) is 16.6 Å². The molecule has 0 aliphatic heterocycles. The number of hydrogen-bond acceptors (Lipinski definition) is 7. The maximum absolute atomic E-state index is 12.4. The molecule has 0 bridgehead atoms. The van der Waals surface area contributed by atoms with Crippen LogP contribution in [0, 0.1) is 6.92 Å². The van der Waals surface area contributed by atoms with Crippen LogP contribution in [0.3, 0.4) is 0 Å². The summed E-state index contributed by atoms with van der Waals surface area (Å²) in [7, 11) is 0. The minimum absolute atomic E-state index is 0.136. The summed E-state index contributed by atoms with van der Waals surface area (Å²) in [4.78, 5) is 35.6. The number of rotatable bonds is 4. The van der Waals surface area contributed by atoms with Crippen LogP contribution in [0.25, 0.3) is 10.8 Å². The summed E-state index contributed by atoms with van der Waals surface area (Å²) in [5.41, 5.74) is -0.989. The second-order valence-corrected chi connectivity index (χ2v) is 5.02. The summed E-state index contributed by atoms with van der Waals surface area (Å²) in [5.74, 6) is -1.44. The predicted octanol–water partition coefficient (Wildman–Crippen LogP) is -0.305. The Balaban J connectivity index is 1.97. The summed E-state index contributed by atoms with van der Waals surface area (Å²) in [5, 5.41) is 21.3. The molecule has 1 amide bonds. The maximum atomic E-state index is 12.4. The van der Waals surface area contributed by atoms with Crippen LogP contribution in [-0.4, -0.2) is 26.8 Å². The van der Waals surface area contributed by atoms with Gasteiger partial charge in [-0.15, -0.1) is 0 Å². The number of carbonyl (C=O) groups is 2. The quantitative estimate of drug-likeness (QED) is 0.695. The molecule has 24 heavy (non-hydrogen) atoms. The smallest absolute Gasteiger partial charge is 0.275 e. The third kappa shape index (κ3) is 2.86. The van der Waals surface area contributed by atoms with Crippen LogP contribution in [0.4, 0.5) is 5.82 Å². The van der Waals surface area contributed by atoms with Gasteiger partial charge in [0, 0.05) is 11.5 Å². The van der Waals surface area contributed by atoms with Crippen molar-refractivity contribution >= 4 is 28.5 Å². The minimum Gasteiger partial charge on any atom is -0.543 e. The average molecular weight is 327 g/mol. The molecule has 3 aromatic rings. The molecule has 0 saturated carbocycles. The molecule has 0 radical (unpaired) electrons. The van der Waals surface area contributed by atoms with Crippen molar-refractivity contribution in [1.82, 2.24) is 14.9 Å². The van der Waals surface area contributed by atoms with Gasteiger partial charge < -0.3 is 19.7 Å². The van der Waals surface area contributed by atoms with Crippen molar-refractivity contribution in [2.45, 2.75) is 13.5 Å². The van der Waals surface area contributed by atoms with Gasteiger partial charge in [0.2, 0.25) is 5.91 Å². The molecule has 0 fully saturated rings. The van der Waals surface area contributed by atoms with Crippen molar-refractivity contribution < 1.29 is 19.2 Å². The van der Waals surface area contributed by atoms with Gasteiger partial charge >= 0.3 is 0 Å². The van der Waals surface area contributed by atoms with Gasteiger partial charge in [0.05, 0.1) is 11.4 Å². The summed E-state index contributed by atoms with van der Waals surface area (Å²) < 4.78 is 5.59. The number of anilines is 1. The lowest BCUT2D eigenvalue weighted by Crippen LogP contribution is -2.34. The van der Waals surface area contributed by atoms with Gasteiger partial charge in [-0.3, -0.25) is 9.59 Å². The van der Waals surface area contributed by atoms with Crippen molar-refractivity contribution in [3.05, 3.63) is 52.1 Å². The summed E-state index contributed by atoms with van der Waals surface area (Å²) in [6.45, 7) is 1.18. The zero-order valence-corrected chi connectivity index (χ0v) is 12.5. The fourth-order valence-corrected chi connectivity index (χ4v) is 2.24. The van der Waals surface area contributed by atoms with Crippen LogP contribution >= 0.6 is 0 Å². The number of fused-ring (bicyclic) bond motifs is 1. The molecule has 3 rings (SSSR count). The molecule has 2 heterocycles. The molecule has 2 aromatic heterocycles. The Morgan fingerprint density at radius 1 is 1.29 bits per heavy atom. The SMILES string of the molecule is Cc1cc(NC(=O)Cn2nc(C(=O)[O-])c3ccccc3c2=O)no1. The highest BCUT2D eigenvalue weighted by atomic mass is 16.5. The molecule has 9 heteroatoms. The van der Waals surface area contributed by atoms with E-state index in [9.17, 15) is 19.5 Å². The first-order valence-electron chi connectivity index (χ1n) is 6.90. The molecule has 9 nitrogen and oxygen atoms in total. The van der Waals surface area contributed by atoms with Crippen LogP contribution in [-0.2, 0) is 11.3 Å². The highest BCUT2D eigenvalue weighted by molar-refractivity contribution is 6.00. The Morgan fingerprint density at radius 3 is 2.62 bits per heavy atom. The number of carbonyl (C=O) groups excluding carboxylic acids is 2. The van der Waals surface area contributed by atoms with E-state index in [0.29, 0.717) is 5.76 Å². The predicted molar refractivity (Wildman–Crippen MR) is 80.2 cm³/mol.